The molecule has 1 amide bonds. The van der Waals surface area contributed by atoms with Crippen LogP contribution in [0.3, 0.4) is 0 Å². The maximum atomic E-state index is 13.1. The van der Waals surface area contributed by atoms with Crippen molar-refractivity contribution >= 4 is 29.2 Å². The summed E-state index contributed by atoms with van der Waals surface area (Å²) < 4.78 is 23.4. The number of ether oxygens (including phenoxy) is 2. The lowest BCUT2D eigenvalue weighted by Crippen LogP contribution is -2.31. The summed E-state index contributed by atoms with van der Waals surface area (Å²) in [5, 5.41) is 3.03. The van der Waals surface area contributed by atoms with E-state index in [4.69, 9.17) is 21.1 Å². The van der Waals surface area contributed by atoms with Gasteiger partial charge in [-0.2, -0.15) is 0 Å². The highest BCUT2D eigenvalue weighted by Crippen LogP contribution is 2.21. The van der Waals surface area contributed by atoms with Crippen molar-refractivity contribution in [3.8, 4) is 5.75 Å². The molecule has 0 aliphatic heterocycles. The average molecular weight is 366 g/mol. The fourth-order valence-electron chi connectivity index (χ4n) is 2.01. The number of esters is 1. The summed E-state index contributed by atoms with van der Waals surface area (Å²) >= 11 is 5.84. The fraction of sp³-hybridized carbons (Fsp3) is 0.222. The number of hydrogen-bond acceptors (Lipinski definition) is 4. The van der Waals surface area contributed by atoms with E-state index in [0.29, 0.717) is 10.8 Å². The van der Waals surface area contributed by atoms with Gasteiger partial charge in [0.25, 0.3) is 5.91 Å². The molecule has 2 aromatic rings. The minimum atomic E-state index is -1.05. The molecule has 5 nitrogen and oxygen atoms in total. The highest BCUT2D eigenvalue weighted by Gasteiger charge is 2.18. The first-order valence-electron chi connectivity index (χ1n) is 7.50. The van der Waals surface area contributed by atoms with E-state index in [-0.39, 0.29) is 12.3 Å². The number of carbonyl (C=O) groups excluding carboxylic acids is 2. The van der Waals surface area contributed by atoms with Crippen LogP contribution in [0.25, 0.3) is 0 Å². The molecule has 0 fully saturated rings. The standard InChI is InChI=1S/C18H17ClFNO4/c1-11-8-13(19)6-7-16(11)24-10-17(22)25-12(2)18(23)21-15-5-3-4-14(20)9-15/h3-9,12H,10H2,1-2H3,(H,21,23). The first kappa shape index (κ1) is 18.7. The van der Waals surface area contributed by atoms with E-state index in [2.05, 4.69) is 5.32 Å². The van der Waals surface area contributed by atoms with Crippen LogP contribution in [0.2, 0.25) is 5.02 Å². The predicted molar refractivity (Wildman–Crippen MR) is 92.3 cm³/mol. The second-order valence-corrected chi connectivity index (χ2v) is 5.77. The average Bonchev–Trinajstić information content (AvgIpc) is 2.54. The monoisotopic (exact) mass is 365 g/mol. The quantitative estimate of drug-likeness (QED) is 0.792. The van der Waals surface area contributed by atoms with E-state index < -0.39 is 23.8 Å². The van der Waals surface area contributed by atoms with E-state index >= 15 is 0 Å². The molecule has 0 saturated carbocycles. The SMILES string of the molecule is Cc1cc(Cl)ccc1OCC(=O)OC(C)C(=O)Nc1cccc(F)c1. The number of amides is 1. The van der Waals surface area contributed by atoms with Crippen molar-refractivity contribution in [1.29, 1.82) is 0 Å². The van der Waals surface area contributed by atoms with E-state index in [0.717, 1.165) is 5.56 Å². The summed E-state index contributed by atoms with van der Waals surface area (Å²) in [5.41, 5.74) is 1.05. The Balaban J connectivity index is 1.83. The van der Waals surface area contributed by atoms with Crippen LogP contribution in [-0.2, 0) is 14.3 Å². The molecular formula is C18H17ClFNO4. The van der Waals surface area contributed by atoms with Gasteiger partial charge in [0, 0.05) is 10.7 Å². The number of halogens is 2. The number of aryl methyl sites for hydroxylation is 1. The van der Waals surface area contributed by atoms with Crippen molar-refractivity contribution in [2.24, 2.45) is 0 Å². The first-order chi connectivity index (χ1) is 11.8. The fourth-order valence-corrected chi connectivity index (χ4v) is 2.23. The first-order valence-corrected chi connectivity index (χ1v) is 7.88. The number of benzene rings is 2. The molecule has 132 valence electrons. The molecule has 0 aromatic heterocycles. The molecular weight excluding hydrogens is 349 g/mol. The van der Waals surface area contributed by atoms with Gasteiger partial charge in [0.1, 0.15) is 11.6 Å². The smallest absolute Gasteiger partial charge is 0.344 e. The molecule has 2 aromatic carbocycles. The van der Waals surface area contributed by atoms with Crippen LogP contribution in [0.1, 0.15) is 12.5 Å². The van der Waals surface area contributed by atoms with Gasteiger partial charge in [-0.05, 0) is 55.8 Å². The number of carbonyl (C=O) groups is 2. The van der Waals surface area contributed by atoms with Gasteiger partial charge in [0.2, 0.25) is 0 Å². The third kappa shape index (κ3) is 5.76. The topological polar surface area (TPSA) is 64.6 Å². The molecule has 0 aliphatic carbocycles. The Labute approximate surface area is 149 Å². The van der Waals surface area contributed by atoms with Crippen molar-refractivity contribution in [2.75, 3.05) is 11.9 Å². The van der Waals surface area contributed by atoms with Crippen LogP contribution in [0.5, 0.6) is 5.75 Å². The highest BCUT2D eigenvalue weighted by molar-refractivity contribution is 6.30. The second-order valence-electron chi connectivity index (χ2n) is 5.33. The normalized spacial score (nSPS) is 11.5. The van der Waals surface area contributed by atoms with E-state index in [1.54, 1.807) is 25.1 Å². The van der Waals surface area contributed by atoms with Crippen molar-refractivity contribution in [3.05, 3.63) is 58.9 Å². The van der Waals surface area contributed by atoms with Crippen LogP contribution in [0.15, 0.2) is 42.5 Å². The zero-order valence-electron chi connectivity index (χ0n) is 13.7. The van der Waals surface area contributed by atoms with Gasteiger partial charge in [-0.25, -0.2) is 9.18 Å². The Morgan fingerprint density at radius 1 is 1.24 bits per heavy atom. The summed E-state index contributed by atoms with van der Waals surface area (Å²) in [6, 6.07) is 10.4. The molecule has 1 atom stereocenters. The summed E-state index contributed by atoms with van der Waals surface area (Å²) in [4.78, 5) is 23.8. The highest BCUT2D eigenvalue weighted by atomic mass is 35.5. The lowest BCUT2D eigenvalue weighted by atomic mass is 10.2. The Morgan fingerprint density at radius 3 is 2.68 bits per heavy atom. The minimum Gasteiger partial charge on any atom is -0.482 e. The molecule has 2 rings (SSSR count). The maximum absolute atomic E-state index is 13.1. The molecule has 0 aliphatic rings. The Bertz CT molecular complexity index is 781. The van der Waals surface area contributed by atoms with Gasteiger partial charge in [-0.15, -0.1) is 0 Å². The van der Waals surface area contributed by atoms with Crippen molar-refractivity contribution < 1.29 is 23.5 Å². The number of nitrogens with one attached hydrogen (secondary N) is 1. The largest absolute Gasteiger partial charge is 0.482 e. The third-order valence-corrected chi connectivity index (χ3v) is 3.49. The van der Waals surface area contributed by atoms with Crippen LogP contribution in [-0.4, -0.2) is 24.6 Å². The van der Waals surface area contributed by atoms with E-state index in [9.17, 15) is 14.0 Å². The number of rotatable bonds is 6. The Kier molecular flexibility index (Phi) is 6.36. The molecule has 1 unspecified atom stereocenters. The van der Waals surface area contributed by atoms with Crippen LogP contribution in [0.4, 0.5) is 10.1 Å². The molecule has 0 heterocycles. The summed E-state index contributed by atoms with van der Waals surface area (Å²) in [7, 11) is 0. The molecule has 25 heavy (non-hydrogen) atoms. The van der Waals surface area contributed by atoms with Gasteiger partial charge in [-0.1, -0.05) is 17.7 Å². The summed E-state index contributed by atoms with van der Waals surface area (Å²) in [5.74, 6) is -1.25. The van der Waals surface area contributed by atoms with E-state index in [1.165, 1.54) is 31.2 Å². The van der Waals surface area contributed by atoms with Gasteiger partial charge < -0.3 is 14.8 Å². The molecule has 0 spiro atoms. The van der Waals surface area contributed by atoms with E-state index in [1.807, 2.05) is 0 Å². The number of anilines is 1. The lowest BCUT2D eigenvalue weighted by molar-refractivity contribution is -0.155. The van der Waals surface area contributed by atoms with Gasteiger partial charge >= 0.3 is 5.97 Å². The van der Waals surface area contributed by atoms with Gasteiger partial charge in [0.15, 0.2) is 12.7 Å². The predicted octanol–water partition coefficient (Wildman–Crippen LogP) is 3.74. The summed E-state index contributed by atoms with van der Waals surface area (Å²) in [6.45, 7) is 2.86. The Hall–Kier alpha value is -2.60. The van der Waals surface area contributed by atoms with Crippen molar-refractivity contribution in [2.45, 2.75) is 20.0 Å². The molecule has 0 radical (unpaired) electrons. The van der Waals surface area contributed by atoms with Crippen LogP contribution < -0.4 is 10.1 Å². The molecule has 1 N–H and O–H groups in total. The lowest BCUT2D eigenvalue weighted by Gasteiger charge is -2.14. The van der Waals surface area contributed by atoms with Crippen molar-refractivity contribution in [1.82, 2.24) is 0 Å². The zero-order chi connectivity index (χ0) is 18.4. The van der Waals surface area contributed by atoms with Gasteiger partial charge in [0.05, 0.1) is 0 Å². The third-order valence-electron chi connectivity index (χ3n) is 3.25. The molecule has 0 saturated heterocycles. The van der Waals surface area contributed by atoms with Crippen LogP contribution >= 0.6 is 11.6 Å². The van der Waals surface area contributed by atoms with Crippen LogP contribution in [0, 0.1) is 12.7 Å². The molecule has 7 heteroatoms. The molecule has 0 bridgehead atoms. The minimum absolute atomic E-state index is 0.279. The van der Waals surface area contributed by atoms with Crippen molar-refractivity contribution in [3.63, 3.8) is 0 Å². The second kappa shape index (κ2) is 8.48. The van der Waals surface area contributed by atoms with Gasteiger partial charge in [-0.3, -0.25) is 4.79 Å². The summed E-state index contributed by atoms with van der Waals surface area (Å²) in [6.07, 6.45) is -1.05. The zero-order valence-corrected chi connectivity index (χ0v) is 14.5. The maximum Gasteiger partial charge on any atom is 0.344 e. The Morgan fingerprint density at radius 2 is 2.00 bits per heavy atom. The number of hydrogen-bond donors (Lipinski definition) is 1.